The predicted octanol–water partition coefficient (Wildman–Crippen LogP) is 2.31. The van der Waals surface area contributed by atoms with Crippen molar-refractivity contribution in [2.45, 2.75) is 39.2 Å². The third-order valence-corrected chi connectivity index (χ3v) is 7.14. The van der Waals surface area contributed by atoms with Crippen molar-refractivity contribution in [3.05, 3.63) is 0 Å². The number of alkyl halides is 1. The third-order valence-electron chi connectivity index (χ3n) is 4.20. The Bertz CT molecular complexity index is 330. The van der Waals surface area contributed by atoms with Gasteiger partial charge in [0.25, 0.3) is 0 Å². The predicted molar refractivity (Wildman–Crippen MR) is 76.5 cm³/mol. The second-order valence-electron chi connectivity index (χ2n) is 5.31. The van der Waals surface area contributed by atoms with E-state index in [1.807, 2.05) is 0 Å². The van der Waals surface area contributed by atoms with Crippen LogP contribution >= 0.6 is 15.9 Å². The Kier molecular flexibility index (Phi) is 5.47. The lowest BCUT2D eigenvalue weighted by Crippen LogP contribution is -2.42. The summed E-state index contributed by atoms with van der Waals surface area (Å²) in [7, 11) is -0.706. The van der Waals surface area contributed by atoms with Crippen molar-refractivity contribution in [3.8, 4) is 0 Å². The second kappa shape index (κ2) is 6.02. The Morgan fingerprint density at radius 2 is 1.94 bits per heavy atom. The third kappa shape index (κ3) is 3.93. The fraction of sp³-hybridized carbons (Fsp3) is 1.00. The van der Waals surface area contributed by atoms with Crippen LogP contribution in [0.15, 0.2) is 0 Å². The van der Waals surface area contributed by atoms with Crippen molar-refractivity contribution < 1.29 is 8.42 Å². The molecular weight excluding hydrogens is 302 g/mol. The van der Waals surface area contributed by atoms with E-state index < -0.39 is 9.84 Å². The second-order valence-corrected chi connectivity index (χ2v) is 8.10. The van der Waals surface area contributed by atoms with Crippen molar-refractivity contribution in [3.63, 3.8) is 0 Å². The quantitative estimate of drug-likeness (QED) is 0.703. The maximum absolute atomic E-state index is 11.5. The molecule has 1 fully saturated rings. The van der Waals surface area contributed by atoms with Crippen LogP contribution in [0.5, 0.6) is 0 Å². The molecule has 0 spiro atoms. The van der Waals surface area contributed by atoms with Crippen LogP contribution in [0.3, 0.4) is 0 Å². The SMILES string of the molecule is CCC(CC)(CBr)CN(C)C1CCS(=O)(=O)C1. The molecule has 3 nitrogen and oxygen atoms in total. The van der Waals surface area contributed by atoms with Crippen LogP contribution in [0.4, 0.5) is 0 Å². The van der Waals surface area contributed by atoms with Gasteiger partial charge in [-0.15, -0.1) is 0 Å². The summed E-state index contributed by atoms with van der Waals surface area (Å²) < 4.78 is 23.0. The largest absolute Gasteiger partial charge is 0.302 e. The van der Waals surface area contributed by atoms with Gasteiger partial charge in [0.05, 0.1) is 11.5 Å². The van der Waals surface area contributed by atoms with E-state index in [2.05, 4.69) is 41.7 Å². The molecule has 0 aliphatic carbocycles. The maximum Gasteiger partial charge on any atom is 0.151 e. The highest BCUT2D eigenvalue weighted by Crippen LogP contribution is 2.31. The van der Waals surface area contributed by atoms with E-state index in [0.717, 1.165) is 31.1 Å². The fourth-order valence-electron chi connectivity index (χ4n) is 2.49. The van der Waals surface area contributed by atoms with Gasteiger partial charge >= 0.3 is 0 Å². The average Bonchev–Trinajstić information content (AvgIpc) is 2.67. The number of hydrogen-bond acceptors (Lipinski definition) is 3. The number of halogens is 1. The lowest BCUT2D eigenvalue weighted by atomic mass is 9.84. The minimum absolute atomic E-state index is 0.219. The first kappa shape index (κ1) is 15.4. The van der Waals surface area contributed by atoms with Gasteiger partial charge in [0.2, 0.25) is 0 Å². The molecule has 1 aliphatic rings. The molecule has 0 aromatic carbocycles. The van der Waals surface area contributed by atoms with E-state index >= 15 is 0 Å². The molecule has 0 aromatic rings. The van der Waals surface area contributed by atoms with E-state index in [4.69, 9.17) is 0 Å². The van der Waals surface area contributed by atoms with Crippen LogP contribution in [0.2, 0.25) is 0 Å². The summed E-state index contributed by atoms with van der Waals surface area (Å²) in [5.74, 6) is 0.705. The molecule has 0 N–H and O–H groups in total. The molecule has 1 aliphatic heterocycles. The summed E-state index contributed by atoms with van der Waals surface area (Å²) in [4.78, 5) is 2.25. The molecule has 1 heterocycles. The molecule has 1 atom stereocenters. The zero-order chi connectivity index (χ0) is 13.1. The zero-order valence-corrected chi connectivity index (χ0v) is 13.5. The van der Waals surface area contributed by atoms with Gasteiger partial charge in [0, 0.05) is 17.9 Å². The lowest BCUT2D eigenvalue weighted by molar-refractivity contribution is 0.153. The normalized spacial score (nSPS) is 24.4. The van der Waals surface area contributed by atoms with Gasteiger partial charge in [-0.25, -0.2) is 8.42 Å². The first-order valence-electron chi connectivity index (χ1n) is 6.34. The monoisotopic (exact) mass is 325 g/mol. The summed E-state index contributed by atoms with van der Waals surface area (Å²) in [6, 6.07) is 0.219. The van der Waals surface area contributed by atoms with Crippen molar-refractivity contribution in [2.75, 3.05) is 30.4 Å². The first-order valence-corrected chi connectivity index (χ1v) is 9.29. The van der Waals surface area contributed by atoms with Crippen molar-refractivity contribution in [1.82, 2.24) is 4.90 Å². The minimum atomic E-state index is -2.77. The molecule has 17 heavy (non-hydrogen) atoms. The van der Waals surface area contributed by atoms with Gasteiger partial charge < -0.3 is 4.90 Å². The molecule has 1 unspecified atom stereocenters. The summed E-state index contributed by atoms with van der Waals surface area (Å²) >= 11 is 3.61. The Morgan fingerprint density at radius 1 is 1.35 bits per heavy atom. The van der Waals surface area contributed by atoms with Crippen LogP contribution in [-0.4, -0.2) is 49.8 Å². The summed E-state index contributed by atoms with van der Waals surface area (Å²) in [6.45, 7) is 5.40. The van der Waals surface area contributed by atoms with Crippen molar-refractivity contribution in [2.24, 2.45) is 5.41 Å². The van der Waals surface area contributed by atoms with E-state index in [1.165, 1.54) is 0 Å². The highest BCUT2D eigenvalue weighted by atomic mass is 79.9. The average molecular weight is 326 g/mol. The molecular formula is C12H24BrNO2S. The maximum atomic E-state index is 11.5. The highest BCUT2D eigenvalue weighted by Gasteiger charge is 2.34. The molecule has 1 saturated heterocycles. The fourth-order valence-corrected chi connectivity index (χ4v) is 5.26. The summed E-state index contributed by atoms with van der Waals surface area (Å²) in [6.07, 6.45) is 3.04. The molecule has 0 bridgehead atoms. The van der Waals surface area contributed by atoms with Gasteiger partial charge in [-0.2, -0.15) is 0 Å². The van der Waals surface area contributed by atoms with Gasteiger partial charge in [0.15, 0.2) is 9.84 Å². The number of rotatable bonds is 6. The topological polar surface area (TPSA) is 37.4 Å². The summed E-state index contributed by atoms with van der Waals surface area (Å²) in [5.41, 5.74) is 0.279. The number of hydrogen-bond donors (Lipinski definition) is 0. The van der Waals surface area contributed by atoms with E-state index in [0.29, 0.717) is 11.5 Å². The minimum Gasteiger partial charge on any atom is -0.302 e. The number of nitrogens with zero attached hydrogens (tertiary/aromatic N) is 1. The van der Waals surface area contributed by atoms with Gasteiger partial charge in [-0.05, 0) is 31.7 Å². The van der Waals surface area contributed by atoms with Crippen molar-refractivity contribution in [1.29, 1.82) is 0 Å². The molecule has 5 heteroatoms. The highest BCUT2D eigenvalue weighted by molar-refractivity contribution is 9.09. The van der Waals surface area contributed by atoms with Crippen LogP contribution < -0.4 is 0 Å². The molecule has 1 rings (SSSR count). The lowest BCUT2D eigenvalue weighted by Gasteiger charge is -2.36. The smallest absolute Gasteiger partial charge is 0.151 e. The van der Waals surface area contributed by atoms with Crippen LogP contribution in [0, 0.1) is 5.41 Å². The van der Waals surface area contributed by atoms with Crippen molar-refractivity contribution >= 4 is 25.8 Å². The van der Waals surface area contributed by atoms with Crippen LogP contribution in [0.1, 0.15) is 33.1 Å². The summed E-state index contributed by atoms with van der Waals surface area (Å²) in [5, 5.41) is 0.983. The van der Waals surface area contributed by atoms with Gasteiger partial charge in [-0.3, -0.25) is 0 Å². The molecule has 0 aromatic heterocycles. The van der Waals surface area contributed by atoms with E-state index in [-0.39, 0.29) is 11.5 Å². The molecule has 0 amide bonds. The Hall–Kier alpha value is 0.390. The Labute approximate surface area is 114 Å². The standard InChI is InChI=1S/C12H24BrNO2S/c1-4-12(5-2,9-13)10-14(3)11-6-7-17(15,16)8-11/h11H,4-10H2,1-3H3. The number of sulfone groups is 1. The van der Waals surface area contributed by atoms with E-state index in [9.17, 15) is 8.42 Å². The zero-order valence-electron chi connectivity index (χ0n) is 11.1. The van der Waals surface area contributed by atoms with Gasteiger partial charge in [0.1, 0.15) is 0 Å². The van der Waals surface area contributed by atoms with Crippen LogP contribution in [0.25, 0.3) is 0 Å². The Morgan fingerprint density at radius 3 is 2.29 bits per heavy atom. The van der Waals surface area contributed by atoms with E-state index in [1.54, 1.807) is 0 Å². The van der Waals surface area contributed by atoms with Gasteiger partial charge in [-0.1, -0.05) is 29.8 Å². The molecule has 0 radical (unpaired) electrons. The first-order chi connectivity index (χ1) is 7.88. The molecule has 102 valence electrons. The van der Waals surface area contributed by atoms with Crippen LogP contribution in [-0.2, 0) is 9.84 Å². The molecule has 0 saturated carbocycles. The Balaban J connectivity index is 2.62.